The Labute approximate surface area is 84.5 Å². The molecule has 0 radical (unpaired) electrons. The highest BCUT2D eigenvalue weighted by molar-refractivity contribution is 5.81. The van der Waals surface area contributed by atoms with Crippen LogP contribution in [0.3, 0.4) is 0 Å². The molecule has 0 aliphatic rings. The third-order valence-corrected chi connectivity index (χ3v) is 2.09. The van der Waals surface area contributed by atoms with Gasteiger partial charge in [-0.2, -0.15) is 4.98 Å². The van der Waals surface area contributed by atoms with Gasteiger partial charge in [-0.05, 0) is 12.1 Å². The summed E-state index contributed by atoms with van der Waals surface area (Å²) in [7, 11) is 0. The summed E-state index contributed by atoms with van der Waals surface area (Å²) in [6, 6.07) is 9.55. The van der Waals surface area contributed by atoms with Crippen LogP contribution in [0.1, 0.15) is 0 Å². The van der Waals surface area contributed by atoms with Gasteiger partial charge in [0.2, 0.25) is 5.82 Å². The average molecular weight is 201 g/mol. The van der Waals surface area contributed by atoms with Crippen molar-refractivity contribution in [2.75, 3.05) is 5.73 Å². The Morgan fingerprint density at radius 3 is 2.80 bits per heavy atom. The molecule has 3 rings (SSSR count). The number of fused-ring (bicyclic) bond motifs is 1. The lowest BCUT2D eigenvalue weighted by molar-refractivity contribution is 0.434. The number of nitrogen functional groups attached to an aromatic ring is 1. The van der Waals surface area contributed by atoms with Gasteiger partial charge in [-0.1, -0.05) is 23.4 Å². The second-order valence-electron chi connectivity index (χ2n) is 3.10. The molecular formula is C10H7N3O2. The maximum atomic E-state index is 5.53. The summed E-state index contributed by atoms with van der Waals surface area (Å²) in [5, 5.41) is 4.67. The van der Waals surface area contributed by atoms with Crippen molar-refractivity contribution in [2.24, 2.45) is 0 Å². The predicted octanol–water partition coefficient (Wildman–Crippen LogP) is 2.06. The molecule has 2 N–H and O–H groups in total. The van der Waals surface area contributed by atoms with Crippen LogP contribution in [0.5, 0.6) is 0 Å². The Morgan fingerprint density at radius 2 is 2.07 bits per heavy atom. The van der Waals surface area contributed by atoms with Gasteiger partial charge >= 0.3 is 6.01 Å². The quantitative estimate of drug-likeness (QED) is 0.651. The average Bonchev–Trinajstić information content (AvgIpc) is 2.82. The van der Waals surface area contributed by atoms with E-state index in [1.807, 2.05) is 30.3 Å². The molecule has 0 aliphatic carbocycles. The molecule has 3 aromatic rings. The van der Waals surface area contributed by atoms with Gasteiger partial charge in [0, 0.05) is 5.39 Å². The number of anilines is 1. The Hall–Kier alpha value is -2.30. The number of furan rings is 1. The highest BCUT2D eigenvalue weighted by atomic mass is 16.5. The van der Waals surface area contributed by atoms with Gasteiger partial charge in [-0.3, -0.25) is 0 Å². The number of nitrogens with zero attached hydrogens (tertiary/aromatic N) is 2. The summed E-state index contributed by atoms with van der Waals surface area (Å²) in [6.07, 6.45) is 0. The van der Waals surface area contributed by atoms with Gasteiger partial charge < -0.3 is 14.7 Å². The molecule has 15 heavy (non-hydrogen) atoms. The van der Waals surface area contributed by atoms with Crippen molar-refractivity contribution in [3.05, 3.63) is 30.3 Å². The monoisotopic (exact) mass is 201 g/mol. The standard InChI is InChI=1S/C10H7N3O2/c11-10-12-9(13-15-10)8-5-6-3-1-2-4-7(6)14-8/h1-5H,(H2,11,12,13). The van der Waals surface area contributed by atoms with Crippen molar-refractivity contribution in [1.82, 2.24) is 10.1 Å². The third kappa shape index (κ3) is 1.25. The SMILES string of the molecule is Nc1nc(-c2cc3ccccc3o2)no1. The van der Waals surface area contributed by atoms with Crippen molar-refractivity contribution in [2.45, 2.75) is 0 Å². The normalized spacial score (nSPS) is 10.9. The van der Waals surface area contributed by atoms with Crippen LogP contribution < -0.4 is 5.73 Å². The maximum Gasteiger partial charge on any atom is 0.319 e. The van der Waals surface area contributed by atoms with Crippen LogP contribution in [0.15, 0.2) is 39.3 Å². The molecule has 0 fully saturated rings. The van der Waals surface area contributed by atoms with Gasteiger partial charge in [-0.25, -0.2) is 0 Å². The first-order chi connectivity index (χ1) is 7.33. The minimum Gasteiger partial charge on any atom is -0.453 e. The molecule has 0 spiro atoms. The molecule has 74 valence electrons. The number of nitrogens with two attached hydrogens (primary N) is 1. The molecule has 2 heterocycles. The smallest absolute Gasteiger partial charge is 0.319 e. The number of para-hydroxylation sites is 1. The number of rotatable bonds is 1. The number of hydrogen-bond acceptors (Lipinski definition) is 5. The van der Waals surface area contributed by atoms with Crippen LogP contribution in [0, 0.1) is 0 Å². The van der Waals surface area contributed by atoms with Gasteiger partial charge in [0.15, 0.2) is 5.76 Å². The van der Waals surface area contributed by atoms with Gasteiger partial charge in [0.05, 0.1) is 0 Å². The Kier molecular flexibility index (Phi) is 1.53. The van der Waals surface area contributed by atoms with E-state index in [4.69, 9.17) is 10.2 Å². The molecule has 0 aliphatic heterocycles. The molecule has 0 amide bonds. The fourth-order valence-corrected chi connectivity index (χ4v) is 1.43. The molecule has 0 atom stereocenters. The van der Waals surface area contributed by atoms with Crippen LogP contribution in [0.25, 0.3) is 22.6 Å². The fraction of sp³-hybridized carbons (Fsp3) is 0. The van der Waals surface area contributed by atoms with E-state index < -0.39 is 0 Å². The van der Waals surface area contributed by atoms with Crippen LogP contribution in [-0.4, -0.2) is 10.1 Å². The maximum absolute atomic E-state index is 5.53. The number of benzene rings is 1. The zero-order valence-corrected chi connectivity index (χ0v) is 7.68. The van der Waals surface area contributed by atoms with Crippen molar-refractivity contribution in [3.63, 3.8) is 0 Å². The Balaban J connectivity index is 2.19. The van der Waals surface area contributed by atoms with E-state index in [2.05, 4.69) is 14.7 Å². The highest BCUT2D eigenvalue weighted by Crippen LogP contribution is 2.25. The molecule has 5 heteroatoms. The van der Waals surface area contributed by atoms with E-state index in [0.29, 0.717) is 11.6 Å². The first-order valence-corrected chi connectivity index (χ1v) is 4.41. The summed E-state index contributed by atoms with van der Waals surface area (Å²) < 4.78 is 10.2. The summed E-state index contributed by atoms with van der Waals surface area (Å²) in [6.45, 7) is 0. The highest BCUT2D eigenvalue weighted by Gasteiger charge is 2.11. The second kappa shape index (κ2) is 2.84. The number of hydrogen-bond donors (Lipinski definition) is 1. The molecular weight excluding hydrogens is 194 g/mol. The summed E-state index contributed by atoms with van der Waals surface area (Å²) in [4.78, 5) is 3.88. The predicted molar refractivity (Wildman–Crippen MR) is 53.9 cm³/mol. The fourth-order valence-electron chi connectivity index (χ4n) is 1.43. The van der Waals surface area contributed by atoms with E-state index in [1.54, 1.807) is 0 Å². The molecule has 0 unspecified atom stereocenters. The minimum absolute atomic E-state index is 0.0328. The van der Waals surface area contributed by atoms with E-state index in [-0.39, 0.29) is 6.01 Å². The third-order valence-electron chi connectivity index (χ3n) is 2.09. The van der Waals surface area contributed by atoms with Crippen molar-refractivity contribution < 1.29 is 8.94 Å². The Morgan fingerprint density at radius 1 is 1.20 bits per heavy atom. The van der Waals surface area contributed by atoms with Gasteiger partial charge in [0.25, 0.3) is 0 Å². The lowest BCUT2D eigenvalue weighted by Gasteiger charge is -1.83. The summed E-state index contributed by atoms with van der Waals surface area (Å²) in [5.41, 5.74) is 6.12. The van der Waals surface area contributed by atoms with Crippen LogP contribution in [0.2, 0.25) is 0 Å². The largest absolute Gasteiger partial charge is 0.453 e. The Bertz CT molecular complexity index is 579. The topological polar surface area (TPSA) is 78.1 Å². The van der Waals surface area contributed by atoms with Crippen molar-refractivity contribution in [3.8, 4) is 11.6 Å². The van der Waals surface area contributed by atoms with Crippen LogP contribution in [0.4, 0.5) is 6.01 Å². The van der Waals surface area contributed by atoms with Crippen LogP contribution >= 0.6 is 0 Å². The lowest BCUT2D eigenvalue weighted by Crippen LogP contribution is -1.82. The van der Waals surface area contributed by atoms with E-state index in [0.717, 1.165) is 11.0 Å². The van der Waals surface area contributed by atoms with Gasteiger partial charge in [-0.15, -0.1) is 0 Å². The number of aromatic nitrogens is 2. The van der Waals surface area contributed by atoms with E-state index in [9.17, 15) is 0 Å². The first kappa shape index (κ1) is 8.05. The molecule has 5 nitrogen and oxygen atoms in total. The van der Waals surface area contributed by atoms with E-state index in [1.165, 1.54) is 0 Å². The van der Waals surface area contributed by atoms with Gasteiger partial charge in [0.1, 0.15) is 5.58 Å². The van der Waals surface area contributed by atoms with Crippen molar-refractivity contribution >= 4 is 17.0 Å². The zero-order chi connectivity index (χ0) is 10.3. The minimum atomic E-state index is 0.0328. The van der Waals surface area contributed by atoms with Crippen LogP contribution in [-0.2, 0) is 0 Å². The molecule has 1 aromatic carbocycles. The summed E-state index contributed by atoms with van der Waals surface area (Å²) in [5.74, 6) is 0.917. The zero-order valence-electron chi connectivity index (χ0n) is 7.68. The lowest BCUT2D eigenvalue weighted by atomic mass is 10.2. The van der Waals surface area contributed by atoms with Crippen molar-refractivity contribution in [1.29, 1.82) is 0 Å². The molecule has 2 aromatic heterocycles. The summed E-state index contributed by atoms with van der Waals surface area (Å²) >= 11 is 0. The molecule has 0 saturated carbocycles. The molecule has 0 saturated heterocycles. The first-order valence-electron chi connectivity index (χ1n) is 4.41. The molecule has 0 bridgehead atoms. The second-order valence-corrected chi connectivity index (χ2v) is 3.10. The van der Waals surface area contributed by atoms with E-state index >= 15 is 0 Å².